The maximum Gasteiger partial charge on any atom is 0.237 e. The van der Waals surface area contributed by atoms with Crippen LogP contribution in [0.15, 0.2) is 60.9 Å². The topological polar surface area (TPSA) is 85.2 Å². The number of methoxy groups -OCH3 is 1. The monoisotopic (exact) mass is 432 g/mol. The second-order valence-corrected chi connectivity index (χ2v) is 8.00. The van der Waals surface area contributed by atoms with Crippen molar-refractivity contribution in [1.29, 1.82) is 0 Å². The first-order valence-electron chi connectivity index (χ1n) is 10.7. The van der Waals surface area contributed by atoms with Gasteiger partial charge < -0.3 is 10.1 Å². The summed E-state index contributed by atoms with van der Waals surface area (Å²) < 4.78 is 7.16. The Kier molecular flexibility index (Phi) is 6.91. The zero-order chi connectivity index (χ0) is 22.3. The predicted octanol–water partition coefficient (Wildman–Crippen LogP) is 2.64. The van der Waals surface area contributed by atoms with Crippen molar-refractivity contribution in [2.75, 3.05) is 20.2 Å². The van der Waals surface area contributed by atoms with Gasteiger partial charge in [0.05, 0.1) is 19.2 Å². The van der Waals surface area contributed by atoms with Gasteiger partial charge in [-0.3, -0.25) is 9.69 Å². The van der Waals surface area contributed by atoms with E-state index in [1.807, 2.05) is 42.5 Å². The lowest BCUT2D eigenvalue weighted by atomic mass is 10.1. The molecule has 1 N–H and O–H groups in total. The number of carbonyl (C=O) groups excluding carboxylic acids is 1. The van der Waals surface area contributed by atoms with Crippen LogP contribution >= 0.6 is 0 Å². The quantitative estimate of drug-likeness (QED) is 0.589. The third-order valence-corrected chi connectivity index (χ3v) is 5.79. The molecule has 2 aromatic carbocycles. The zero-order valence-corrected chi connectivity index (χ0v) is 18.4. The summed E-state index contributed by atoms with van der Waals surface area (Å²) in [5.74, 6) is 0.843. The number of rotatable bonds is 8. The fourth-order valence-corrected chi connectivity index (χ4v) is 4.01. The van der Waals surface area contributed by atoms with E-state index in [1.165, 1.54) is 5.56 Å². The number of likely N-dealkylation sites (tertiary alicyclic amines) is 1. The molecule has 0 aliphatic carbocycles. The zero-order valence-electron chi connectivity index (χ0n) is 18.4. The number of aryl methyl sites for hydroxylation is 1. The number of aromatic nitrogens is 4. The lowest BCUT2D eigenvalue weighted by Crippen LogP contribution is -2.43. The van der Waals surface area contributed by atoms with Crippen LogP contribution in [0.4, 0.5) is 0 Å². The molecular formula is C24H28N6O2. The minimum Gasteiger partial charge on any atom is -0.496 e. The number of tetrazole rings is 1. The number of nitrogens with one attached hydrogen (secondary N) is 1. The molecular weight excluding hydrogens is 404 g/mol. The molecule has 166 valence electrons. The van der Waals surface area contributed by atoms with Gasteiger partial charge in [0.1, 0.15) is 12.1 Å². The van der Waals surface area contributed by atoms with E-state index in [4.69, 9.17) is 4.74 Å². The molecule has 1 aliphatic rings. The molecule has 1 aromatic heterocycles. The largest absolute Gasteiger partial charge is 0.496 e. The number of para-hydroxylation sites is 1. The van der Waals surface area contributed by atoms with E-state index >= 15 is 0 Å². The van der Waals surface area contributed by atoms with Crippen LogP contribution < -0.4 is 10.1 Å². The van der Waals surface area contributed by atoms with Crippen molar-refractivity contribution in [3.8, 4) is 5.75 Å². The van der Waals surface area contributed by atoms with E-state index in [2.05, 4.69) is 50.9 Å². The summed E-state index contributed by atoms with van der Waals surface area (Å²) in [7, 11) is 1.66. The van der Waals surface area contributed by atoms with Crippen LogP contribution in [-0.4, -0.2) is 57.3 Å². The third kappa shape index (κ3) is 5.20. The second kappa shape index (κ2) is 10.2. The molecule has 1 fully saturated rings. The average Bonchev–Trinajstić information content (AvgIpc) is 3.49. The summed E-state index contributed by atoms with van der Waals surface area (Å²) in [6, 6.07) is 15.9. The Hall–Kier alpha value is -3.52. The molecule has 1 saturated heterocycles. The van der Waals surface area contributed by atoms with Crippen molar-refractivity contribution in [1.82, 2.24) is 30.4 Å². The molecule has 2 atom stereocenters. The molecule has 8 nitrogen and oxygen atoms in total. The van der Waals surface area contributed by atoms with Crippen molar-refractivity contribution < 1.29 is 9.53 Å². The maximum atomic E-state index is 13.1. The third-order valence-electron chi connectivity index (χ3n) is 5.79. The van der Waals surface area contributed by atoms with E-state index in [1.54, 1.807) is 18.1 Å². The number of benzene rings is 2. The van der Waals surface area contributed by atoms with Crippen molar-refractivity contribution in [2.24, 2.45) is 0 Å². The van der Waals surface area contributed by atoms with Gasteiger partial charge in [-0.25, -0.2) is 4.68 Å². The van der Waals surface area contributed by atoms with Crippen LogP contribution in [0.25, 0.3) is 6.08 Å². The molecule has 1 aliphatic heterocycles. The summed E-state index contributed by atoms with van der Waals surface area (Å²) in [4.78, 5) is 15.3. The molecule has 0 saturated carbocycles. The molecule has 32 heavy (non-hydrogen) atoms. The van der Waals surface area contributed by atoms with Crippen LogP contribution in [0.5, 0.6) is 5.75 Å². The Bertz CT molecular complexity index is 1050. The van der Waals surface area contributed by atoms with Crippen LogP contribution in [0, 0.1) is 6.92 Å². The smallest absolute Gasteiger partial charge is 0.237 e. The van der Waals surface area contributed by atoms with Gasteiger partial charge in [0.25, 0.3) is 0 Å². The van der Waals surface area contributed by atoms with Gasteiger partial charge in [-0.05, 0) is 35.4 Å². The highest BCUT2D eigenvalue weighted by Crippen LogP contribution is 2.27. The molecule has 8 heteroatoms. The highest BCUT2D eigenvalue weighted by Gasteiger charge is 2.37. The lowest BCUT2D eigenvalue weighted by molar-refractivity contribution is -0.125. The minimum atomic E-state index is -0.253. The van der Waals surface area contributed by atoms with Gasteiger partial charge in [-0.2, -0.15) is 0 Å². The fourth-order valence-electron chi connectivity index (χ4n) is 4.01. The summed E-state index contributed by atoms with van der Waals surface area (Å²) in [6.45, 7) is 3.90. The standard InChI is InChI=1S/C24H28N6O2/c1-18-9-11-19(12-10-18)15-25-24(31)22-14-21(30-17-26-27-28-30)16-29(22)13-5-7-20-6-3-4-8-23(20)32-2/h3-12,17,21-22H,13-16H2,1-2H3,(H,25,31)/b7-5+/t21-,22-/m0/s1. The van der Waals surface area contributed by atoms with Gasteiger partial charge >= 0.3 is 0 Å². The van der Waals surface area contributed by atoms with Gasteiger partial charge in [-0.1, -0.05) is 60.2 Å². The number of carbonyl (C=O) groups is 1. The van der Waals surface area contributed by atoms with Crippen molar-refractivity contribution >= 4 is 12.0 Å². The van der Waals surface area contributed by atoms with Gasteiger partial charge in [-0.15, -0.1) is 5.10 Å². The summed E-state index contributed by atoms with van der Waals surface area (Å²) >= 11 is 0. The van der Waals surface area contributed by atoms with E-state index in [0.717, 1.165) is 16.9 Å². The first kappa shape index (κ1) is 21.7. The average molecular weight is 433 g/mol. The first-order valence-corrected chi connectivity index (χ1v) is 10.7. The minimum absolute atomic E-state index is 0.0202. The molecule has 0 radical (unpaired) electrons. The van der Waals surface area contributed by atoms with Gasteiger partial charge in [0.15, 0.2) is 0 Å². The van der Waals surface area contributed by atoms with E-state index in [9.17, 15) is 4.79 Å². The first-order chi connectivity index (χ1) is 15.6. The SMILES string of the molecule is COc1ccccc1/C=C/CN1C[C@@H](n2cnnn2)C[C@H]1C(=O)NCc1ccc(C)cc1. The summed E-state index contributed by atoms with van der Waals surface area (Å²) in [5, 5.41) is 14.6. The molecule has 3 aromatic rings. The normalized spacial score (nSPS) is 18.8. The van der Waals surface area contributed by atoms with Crippen molar-refractivity contribution in [2.45, 2.75) is 32.0 Å². The molecule has 0 unspecified atom stereocenters. The number of hydrogen-bond donors (Lipinski definition) is 1. The number of amides is 1. The Morgan fingerprint density at radius 1 is 1.22 bits per heavy atom. The predicted molar refractivity (Wildman–Crippen MR) is 122 cm³/mol. The Morgan fingerprint density at radius 3 is 2.78 bits per heavy atom. The number of hydrogen-bond acceptors (Lipinski definition) is 6. The second-order valence-electron chi connectivity index (χ2n) is 8.00. The van der Waals surface area contributed by atoms with Crippen LogP contribution in [0.3, 0.4) is 0 Å². The maximum absolute atomic E-state index is 13.1. The summed E-state index contributed by atoms with van der Waals surface area (Å²) in [5.41, 5.74) is 3.29. The number of nitrogens with zero attached hydrogens (tertiary/aromatic N) is 5. The summed E-state index contributed by atoms with van der Waals surface area (Å²) in [6.07, 6.45) is 6.37. The van der Waals surface area contributed by atoms with Crippen molar-refractivity contribution in [3.05, 3.63) is 77.6 Å². The Labute approximate surface area is 187 Å². The van der Waals surface area contributed by atoms with Gasteiger partial charge in [0.2, 0.25) is 5.91 Å². The van der Waals surface area contributed by atoms with Crippen LogP contribution in [0.2, 0.25) is 0 Å². The highest BCUT2D eigenvalue weighted by molar-refractivity contribution is 5.82. The van der Waals surface area contributed by atoms with Gasteiger partial charge in [0, 0.05) is 25.2 Å². The van der Waals surface area contributed by atoms with E-state index in [0.29, 0.717) is 26.1 Å². The highest BCUT2D eigenvalue weighted by atomic mass is 16.5. The molecule has 1 amide bonds. The fraction of sp³-hybridized carbons (Fsp3) is 0.333. The lowest BCUT2D eigenvalue weighted by Gasteiger charge is -2.22. The van der Waals surface area contributed by atoms with E-state index < -0.39 is 0 Å². The van der Waals surface area contributed by atoms with Crippen LogP contribution in [-0.2, 0) is 11.3 Å². The Morgan fingerprint density at radius 2 is 2.03 bits per heavy atom. The molecule has 0 bridgehead atoms. The molecule has 2 heterocycles. The van der Waals surface area contributed by atoms with Crippen LogP contribution in [0.1, 0.15) is 29.2 Å². The van der Waals surface area contributed by atoms with Crippen molar-refractivity contribution in [3.63, 3.8) is 0 Å². The van der Waals surface area contributed by atoms with E-state index in [-0.39, 0.29) is 18.0 Å². The Balaban J connectivity index is 1.44. The molecule has 4 rings (SSSR count). The molecule has 0 spiro atoms. The number of ether oxygens (including phenoxy) is 1.